The number of aryl methyl sites for hydroxylation is 1. The smallest absolute Gasteiger partial charge is 0.0540 e. The van der Waals surface area contributed by atoms with Gasteiger partial charge in [-0.2, -0.15) is 5.10 Å². The predicted molar refractivity (Wildman–Crippen MR) is 86.2 cm³/mol. The number of nitrogens with zero attached hydrogens (tertiary/aromatic N) is 2. The highest BCUT2D eigenvalue weighted by Gasteiger charge is 2.16. The van der Waals surface area contributed by atoms with E-state index in [1.165, 1.54) is 21.0 Å². The van der Waals surface area contributed by atoms with Crippen LogP contribution < -0.4 is 5.32 Å². The number of hydrogen-bond donors (Lipinski definition) is 1. The van der Waals surface area contributed by atoms with E-state index in [4.69, 9.17) is 0 Å². The van der Waals surface area contributed by atoms with E-state index in [0.29, 0.717) is 6.04 Å². The molecular weight excluding hydrogens is 266 g/mol. The fourth-order valence-corrected chi connectivity index (χ4v) is 3.20. The summed E-state index contributed by atoms with van der Waals surface area (Å²) in [5, 5.41) is 7.90. The molecule has 2 rings (SSSR count). The molecule has 4 heteroatoms. The Balaban J connectivity index is 1.99. The van der Waals surface area contributed by atoms with Crippen molar-refractivity contribution >= 4 is 11.3 Å². The molecule has 0 aromatic carbocycles. The van der Waals surface area contributed by atoms with Gasteiger partial charge >= 0.3 is 0 Å². The average Bonchev–Trinajstić information content (AvgIpc) is 2.95. The maximum Gasteiger partial charge on any atom is 0.0540 e. The Morgan fingerprint density at radius 3 is 2.55 bits per heavy atom. The van der Waals surface area contributed by atoms with Gasteiger partial charge in [0.2, 0.25) is 0 Å². The number of nitrogens with one attached hydrogen (secondary N) is 1. The molecule has 0 bridgehead atoms. The lowest BCUT2D eigenvalue weighted by atomic mass is 9.95. The van der Waals surface area contributed by atoms with Crippen LogP contribution in [0.3, 0.4) is 0 Å². The maximum absolute atomic E-state index is 4.31. The molecule has 1 N–H and O–H groups in total. The van der Waals surface area contributed by atoms with Crippen LogP contribution in [-0.2, 0) is 19.0 Å². The molecule has 3 nitrogen and oxygen atoms in total. The van der Waals surface area contributed by atoms with Gasteiger partial charge in [0.05, 0.1) is 6.20 Å². The van der Waals surface area contributed by atoms with E-state index >= 15 is 0 Å². The molecule has 0 saturated carbocycles. The summed E-state index contributed by atoms with van der Waals surface area (Å²) in [4.78, 5) is 2.84. The molecule has 0 aliphatic rings. The Bertz CT molecular complexity index is 575. The predicted octanol–water partition coefficient (Wildman–Crippen LogP) is 3.94. The molecule has 0 amide bonds. The third kappa shape index (κ3) is 3.30. The molecule has 0 saturated heterocycles. The lowest BCUT2D eigenvalue weighted by Gasteiger charge is -2.15. The van der Waals surface area contributed by atoms with E-state index in [2.05, 4.69) is 57.2 Å². The molecule has 2 aromatic rings. The van der Waals surface area contributed by atoms with E-state index in [-0.39, 0.29) is 5.41 Å². The highest BCUT2D eigenvalue weighted by molar-refractivity contribution is 7.12. The first-order chi connectivity index (χ1) is 9.29. The molecule has 0 aliphatic heterocycles. The minimum Gasteiger partial charge on any atom is -0.305 e. The Morgan fingerprint density at radius 1 is 1.35 bits per heavy atom. The molecule has 20 heavy (non-hydrogen) atoms. The molecule has 0 radical (unpaired) electrons. The van der Waals surface area contributed by atoms with Gasteiger partial charge < -0.3 is 5.32 Å². The summed E-state index contributed by atoms with van der Waals surface area (Å²) in [7, 11) is 1.99. The van der Waals surface area contributed by atoms with E-state index in [1.54, 1.807) is 0 Å². The number of aromatic nitrogens is 2. The van der Waals surface area contributed by atoms with Crippen LogP contribution in [0.2, 0.25) is 0 Å². The van der Waals surface area contributed by atoms with Crippen molar-refractivity contribution in [2.75, 3.05) is 0 Å². The minimum absolute atomic E-state index is 0.245. The molecule has 2 aromatic heterocycles. The van der Waals surface area contributed by atoms with Gasteiger partial charge in [-0.1, -0.05) is 20.8 Å². The molecule has 0 spiro atoms. The third-order valence-electron chi connectivity index (χ3n) is 3.72. The van der Waals surface area contributed by atoms with Gasteiger partial charge in [-0.25, -0.2) is 0 Å². The fourth-order valence-electron chi connectivity index (χ4n) is 2.18. The summed E-state index contributed by atoms with van der Waals surface area (Å²) in [6.45, 7) is 12.0. The van der Waals surface area contributed by atoms with Crippen molar-refractivity contribution < 1.29 is 0 Å². The maximum atomic E-state index is 4.31. The zero-order valence-corrected chi connectivity index (χ0v) is 14.1. The van der Waals surface area contributed by atoms with E-state index in [9.17, 15) is 0 Å². The number of thiophene rings is 1. The van der Waals surface area contributed by atoms with Gasteiger partial charge in [-0.15, -0.1) is 11.3 Å². The monoisotopic (exact) mass is 291 g/mol. The second-order valence-electron chi connectivity index (χ2n) is 6.43. The topological polar surface area (TPSA) is 29.9 Å². The minimum atomic E-state index is 0.245. The standard InChI is InChI=1S/C16H25N3S/c1-11(14-10-18-19(6)12(14)2)17-9-13-7-8-15(20-13)16(3,4)5/h7-8,10-11,17H,9H2,1-6H3. The molecule has 110 valence electrons. The Hall–Kier alpha value is -1.13. The Labute approximate surface area is 126 Å². The van der Waals surface area contributed by atoms with Crippen LogP contribution in [0.4, 0.5) is 0 Å². The molecule has 0 aliphatic carbocycles. The first-order valence-electron chi connectivity index (χ1n) is 7.10. The van der Waals surface area contributed by atoms with Crippen molar-refractivity contribution in [2.45, 2.75) is 52.6 Å². The van der Waals surface area contributed by atoms with Crippen LogP contribution >= 0.6 is 11.3 Å². The first-order valence-corrected chi connectivity index (χ1v) is 7.91. The summed E-state index contributed by atoms with van der Waals surface area (Å²) in [5.41, 5.74) is 2.75. The molecular formula is C16H25N3S. The van der Waals surface area contributed by atoms with E-state index < -0.39 is 0 Å². The summed E-state index contributed by atoms with van der Waals surface area (Å²) < 4.78 is 1.93. The summed E-state index contributed by atoms with van der Waals surface area (Å²) >= 11 is 1.90. The second-order valence-corrected chi connectivity index (χ2v) is 7.60. The molecule has 1 unspecified atom stereocenters. The Morgan fingerprint density at radius 2 is 2.05 bits per heavy atom. The van der Waals surface area contributed by atoms with Crippen LogP contribution in [0.25, 0.3) is 0 Å². The SMILES string of the molecule is Cc1c(C(C)NCc2ccc(C(C)(C)C)s2)cnn1C. The van der Waals surface area contributed by atoms with Gasteiger partial charge in [0, 0.05) is 40.6 Å². The van der Waals surface area contributed by atoms with Crippen LogP contribution in [-0.4, -0.2) is 9.78 Å². The molecule has 1 atom stereocenters. The van der Waals surface area contributed by atoms with E-state index in [1.807, 2.05) is 29.3 Å². The van der Waals surface area contributed by atoms with Crippen molar-refractivity contribution in [3.8, 4) is 0 Å². The lowest BCUT2D eigenvalue weighted by molar-refractivity contribution is 0.574. The van der Waals surface area contributed by atoms with Gasteiger partial charge in [0.25, 0.3) is 0 Å². The second kappa shape index (κ2) is 5.70. The average molecular weight is 291 g/mol. The zero-order chi connectivity index (χ0) is 14.9. The third-order valence-corrected chi connectivity index (χ3v) is 5.23. The largest absolute Gasteiger partial charge is 0.305 e. The van der Waals surface area contributed by atoms with E-state index in [0.717, 1.165) is 6.54 Å². The van der Waals surface area contributed by atoms with Gasteiger partial charge in [-0.05, 0) is 31.4 Å². The van der Waals surface area contributed by atoms with Crippen LogP contribution in [0.5, 0.6) is 0 Å². The lowest BCUT2D eigenvalue weighted by Crippen LogP contribution is -2.18. The number of hydrogen-bond acceptors (Lipinski definition) is 3. The van der Waals surface area contributed by atoms with Crippen LogP contribution in [0, 0.1) is 6.92 Å². The first kappa shape index (κ1) is 15.3. The highest BCUT2D eigenvalue weighted by Crippen LogP contribution is 2.29. The van der Waals surface area contributed by atoms with Crippen LogP contribution in [0.1, 0.15) is 54.7 Å². The molecule has 2 heterocycles. The zero-order valence-electron chi connectivity index (χ0n) is 13.3. The fraction of sp³-hybridized carbons (Fsp3) is 0.562. The van der Waals surface area contributed by atoms with Crippen molar-refractivity contribution in [3.05, 3.63) is 39.3 Å². The van der Waals surface area contributed by atoms with Crippen molar-refractivity contribution in [3.63, 3.8) is 0 Å². The quantitative estimate of drug-likeness (QED) is 0.924. The van der Waals surface area contributed by atoms with Gasteiger partial charge in [0.1, 0.15) is 0 Å². The van der Waals surface area contributed by atoms with Crippen molar-refractivity contribution in [2.24, 2.45) is 7.05 Å². The summed E-state index contributed by atoms with van der Waals surface area (Å²) in [6, 6.07) is 4.81. The summed E-state index contributed by atoms with van der Waals surface area (Å²) in [5.74, 6) is 0. The van der Waals surface area contributed by atoms with Crippen molar-refractivity contribution in [1.29, 1.82) is 0 Å². The Kier molecular flexibility index (Phi) is 4.35. The van der Waals surface area contributed by atoms with Crippen LogP contribution in [0.15, 0.2) is 18.3 Å². The number of rotatable bonds is 4. The highest BCUT2D eigenvalue weighted by atomic mass is 32.1. The summed E-state index contributed by atoms with van der Waals surface area (Å²) in [6.07, 6.45) is 1.96. The van der Waals surface area contributed by atoms with Crippen molar-refractivity contribution in [1.82, 2.24) is 15.1 Å². The van der Waals surface area contributed by atoms with Gasteiger partial charge in [0.15, 0.2) is 0 Å². The van der Waals surface area contributed by atoms with Gasteiger partial charge in [-0.3, -0.25) is 4.68 Å². The normalized spacial score (nSPS) is 13.7. The molecule has 0 fully saturated rings.